The molecule has 0 unspecified atom stereocenters. The van der Waals surface area contributed by atoms with E-state index in [-0.39, 0.29) is 74.7 Å². The zero-order valence-corrected chi connectivity index (χ0v) is 14.5. The summed E-state index contributed by atoms with van der Waals surface area (Å²) >= 11 is 3.28. The van der Waals surface area contributed by atoms with Gasteiger partial charge in [0.15, 0.2) is 0 Å². The molecule has 0 fully saturated rings. The van der Waals surface area contributed by atoms with E-state index in [1.165, 1.54) is 6.92 Å². The Kier molecular flexibility index (Phi) is 13.6. The van der Waals surface area contributed by atoms with E-state index >= 15 is 0 Å². The summed E-state index contributed by atoms with van der Waals surface area (Å²) in [6.45, 7) is 1.53. The topological polar surface area (TPSA) is 17.1 Å². The van der Waals surface area contributed by atoms with Crippen LogP contribution in [0, 0.1) is 12.3 Å². The molecule has 0 bridgehead atoms. The summed E-state index contributed by atoms with van der Waals surface area (Å²) in [5.41, 5.74) is 0.650. The average Bonchev–Trinajstić information content (AvgIpc) is 2.10. The Hall–Kier alpha value is 1.29. The van der Waals surface area contributed by atoms with Crippen molar-refractivity contribution in [1.82, 2.24) is 0 Å². The van der Waals surface area contributed by atoms with Crippen molar-refractivity contribution in [3.8, 4) is 0 Å². The van der Waals surface area contributed by atoms with E-state index in [4.69, 9.17) is 0 Å². The third kappa shape index (κ3) is 6.77. The molecular weight excluding hydrogens is 289 g/mol. The van der Waals surface area contributed by atoms with Gasteiger partial charge in [-0.2, -0.15) is 0 Å². The predicted molar refractivity (Wildman–Crippen MR) is 49.6 cm³/mol. The van der Waals surface area contributed by atoms with Crippen LogP contribution < -0.4 is 68.9 Å². The third-order valence-corrected chi connectivity index (χ3v) is 1.09. The van der Waals surface area contributed by atoms with Crippen LogP contribution in [0.4, 0.5) is 0 Å². The fourth-order valence-corrected chi connectivity index (χ4v) is 0.612. The molecule has 1 aromatic carbocycles. The minimum absolute atomic E-state index is 0. The molecule has 0 saturated carbocycles. The van der Waals surface area contributed by atoms with Gasteiger partial charge in [-0.1, -0.05) is 0 Å². The number of rotatable bonds is 1. The Morgan fingerprint density at radius 3 is 2.33 bits per heavy atom. The summed E-state index contributed by atoms with van der Waals surface area (Å²) in [4.78, 5) is 10.6. The second-order valence-corrected chi connectivity index (χ2v) is 1.83. The number of Topliss-reactive ketones (excluding diaryl/α,β-unsaturated/α-hetero) is 1. The molecule has 1 nitrogen and oxygen atoms in total. The molecule has 0 aromatic heterocycles. The fraction of sp³-hybridized carbons (Fsp3) is 0.111. The van der Waals surface area contributed by atoms with Crippen LogP contribution in [0.5, 0.6) is 0 Å². The first kappa shape index (κ1) is 15.8. The van der Waals surface area contributed by atoms with Gasteiger partial charge in [-0.15, -0.1) is 35.9 Å². The molecule has 12 heavy (non-hydrogen) atoms. The normalized spacial score (nSPS) is 7.25. The molecule has 0 heterocycles. The van der Waals surface area contributed by atoms with Crippen LogP contribution in [0.15, 0.2) is 24.3 Å². The van der Waals surface area contributed by atoms with Crippen LogP contribution in [0.1, 0.15) is 17.3 Å². The number of thiol groups is 1. The molecule has 0 radical (unpaired) electrons. The van der Waals surface area contributed by atoms with Crippen LogP contribution in [-0.2, 0) is 0 Å². The number of carbonyl (C=O) groups is 1. The van der Waals surface area contributed by atoms with Gasteiger partial charge in [-0.25, -0.2) is 0 Å². The van der Waals surface area contributed by atoms with Gasteiger partial charge in [-0.05, 0) is 6.92 Å². The van der Waals surface area contributed by atoms with Crippen LogP contribution in [-0.4, -0.2) is 5.78 Å². The van der Waals surface area contributed by atoms with Gasteiger partial charge >= 0.3 is 68.9 Å². The number of hydrogen-bond donors (Lipinski definition) is 1. The number of hydrogen-bond acceptors (Lipinski definition) is 2. The van der Waals surface area contributed by atoms with Gasteiger partial charge in [0.25, 0.3) is 0 Å². The molecule has 1 rings (SSSR count). The van der Waals surface area contributed by atoms with Gasteiger partial charge in [-0.3, -0.25) is 6.26 Å². The van der Waals surface area contributed by atoms with Crippen molar-refractivity contribution in [3.63, 3.8) is 0 Å². The van der Waals surface area contributed by atoms with Crippen molar-refractivity contribution in [2.24, 2.45) is 0 Å². The van der Waals surface area contributed by atoms with Crippen LogP contribution >= 0.6 is 12.6 Å². The van der Waals surface area contributed by atoms with Crippen LogP contribution in [0.2, 0.25) is 0 Å². The van der Waals surface area contributed by atoms with Gasteiger partial charge in [0.2, 0.25) is 0 Å². The number of ketones is 1. The first-order chi connectivity index (χ1) is 5.30. The Balaban J connectivity index is 0. The van der Waals surface area contributed by atoms with E-state index in [9.17, 15) is 4.79 Å². The predicted octanol–water partition coefficient (Wildman–Crippen LogP) is -0.599. The molecule has 0 amide bonds. The molecule has 0 aliphatic rings. The van der Waals surface area contributed by atoms with Crippen molar-refractivity contribution >= 4 is 18.4 Å². The monoisotopic (exact) mass is 299 g/mol. The van der Waals surface area contributed by atoms with E-state index in [0.717, 1.165) is 0 Å². The quantitative estimate of drug-likeness (QED) is 0.416. The molecular formula is C9H10CsOS-. The number of benzene rings is 1. The van der Waals surface area contributed by atoms with E-state index in [1.54, 1.807) is 12.1 Å². The molecule has 0 N–H and O–H groups in total. The zero-order valence-electron chi connectivity index (χ0n) is 7.37. The molecule has 0 aliphatic carbocycles. The maximum Gasteiger partial charge on any atom is 1.00 e. The van der Waals surface area contributed by atoms with Gasteiger partial charge in [0, 0.05) is 0 Å². The van der Waals surface area contributed by atoms with Crippen LogP contribution in [0.3, 0.4) is 0 Å². The molecule has 0 atom stereocenters. The Morgan fingerprint density at radius 1 is 1.50 bits per heavy atom. The van der Waals surface area contributed by atoms with Gasteiger partial charge < -0.3 is 17.4 Å². The summed E-state index contributed by atoms with van der Waals surface area (Å²) in [6, 6.07) is 9.97. The Morgan fingerprint density at radius 2 is 2.08 bits per heavy atom. The fourth-order valence-electron chi connectivity index (χ4n) is 0.612. The van der Waals surface area contributed by atoms with E-state index in [1.807, 2.05) is 12.1 Å². The second-order valence-electron chi connectivity index (χ2n) is 1.83. The SMILES string of the molecule is CC(=O)c1[c-]cccc1.[CH2-]S.[Cs+]. The van der Waals surface area contributed by atoms with E-state index in [0.29, 0.717) is 5.56 Å². The molecule has 0 spiro atoms. The minimum Gasteiger partial charge on any atom is -0.372 e. The minimum atomic E-state index is 0. The molecule has 0 aliphatic heterocycles. The summed E-state index contributed by atoms with van der Waals surface area (Å²) in [7, 11) is 0. The van der Waals surface area contributed by atoms with E-state index in [2.05, 4.69) is 25.0 Å². The first-order valence-corrected chi connectivity index (χ1v) is 3.73. The summed E-state index contributed by atoms with van der Waals surface area (Å²) in [6.07, 6.45) is 2.94. The second kappa shape index (κ2) is 10.4. The molecule has 1 aromatic rings. The molecule has 3 heteroatoms. The van der Waals surface area contributed by atoms with Crippen molar-refractivity contribution in [1.29, 1.82) is 0 Å². The Labute approximate surface area is 138 Å². The van der Waals surface area contributed by atoms with Gasteiger partial charge in [0.05, 0.1) is 5.78 Å². The first-order valence-electron chi connectivity index (χ1n) is 3.10. The summed E-state index contributed by atoms with van der Waals surface area (Å²) in [5, 5.41) is 0. The van der Waals surface area contributed by atoms with Crippen molar-refractivity contribution < 1.29 is 73.7 Å². The zero-order chi connectivity index (χ0) is 8.69. The molecule has 60 valence electrons. The standard InChI is InChI=1S/C8H7O.CH3S.Cs/c1-7(9)8-5-3-2-4-6-8;1-2;/h2-5H,1H3;2H,1H2;/q2*-1;+1. The number of carbonyl (C=O) groups excluding carboxylic acids is 1. The molecule has 0 saturated heterocycles. The van der Waals surface area contributed by atoms with Crippen molar-refractivity contribution in [2.45, 2.75) is 6.92 Å². The summed E-state index contributed by atoms with van der Waals surface area (Å²) in [5.74, 6) is 0.0654. The van der Waals surface area contributed by atoms with Crippen molar-refractivity contribution in [3.05, 3.63) is 42.2 Å². The van der Waals surface area contributed by atoms with E-state index < -0.39 is 0 Å². The smallest absolute Gasteiger partial charge is 0.372 e. The van der Waals surface area contributed by atoms with Crippen molar-refractivity contribution in [2.75, 3.05) is 0 Å². The van der Waals surface area contributed by atoms with Crippen LogP contribution in [0.25, 0.3) is 0 Å². The van der Waals surface area contributed by atoms with Gasteiger partial charge in [0.1, 0.15) is 0 Å². The maximum absolute atomic E-state index is 10.6. The summed E-state index contributed by atoms with van der Waals surface area (Å²) < 4.78 is 0. The maximum atomic E-state index is 10.6. The Bertz CT molecular complexity index is 211. The third-order valence-electron chi connectivity index (χ3n) is 1.09. The average molecular weight is 299 g/mol. The largest absolute Gasteiger partial charge is 1.00 e.